The highest BCUT2D eigenvalue weighted by atomic mass is 35.5. The van der Waals surface area contributed by atoms with Crippen LogP contribution in [-0.2, 0) is 11.2 Å². The lowest BCUT2D eigenvalue weighted by Crippen LogP contribution is -2.08. The predicted molar refractivity (Wildman–Crippen MR) is 68.2 cm³/mol. The van der Waals surface area contributed by atoms with Gasteiger partial charge in [0.2, 0.25) is 0 Å². The van der Waals surface area contributed by atoms with Crippen molar-refractivity contribution in [1.29, 1.82) is 0 Å². The Hall–Kier alpha value is -1.22. The van der Waals surface area contributed by atoms with Crippen molar-refractivity contribution in [3.63, 3.8) is 0 Å². The lowest BCUT2D eigenvalue weighted by molar-refractivity contribution is -0.116. The number of halogens is 1. The van der Waals surface area contributed by atoms with Gasteiger partial charge in [-0.25, -0.2) is 0 Å². The third-order valence-corrected chi connectivity index (χ3v) is 2.49. The van der Waals surface area contributed by atoms with Crippen molar-refractivity contribution in [1.82, 2.24) is 0 Å². The molecule has 0 atom stereocenters. The van der Waals surface area contributed by atoms with Crippen LogP contribution in [0.1, 0.15) is 26.3 Å². The zero-order valence-electron chi connectivity index (χ0n) is 10.5. The number of carbonyl (C=O) groups is 1. The Morgan fingerprint density at radius 2 is 2.00 bits per heavy atom. The van der Waals surface area contributed by atoms with E-state index >= 15 is 0 Å². The molecule has 0 saturated carbocycles. The summed E-state index contributed by atoms with van der Waals surface area (Å²) in [6, 6.07) is 3.44. The summed E-state index contributed by atoms with van der Waals surface area (Å²) >= 11 is 6.07. The normalized spacial score (nSPS) is 10.5. The Bertz CT molecular complexity index is 413. The number of Topliss-reactive ketones (excluding diaryl/α,β-unsaturated/α-hetero) is 1. The minimum atomic E-state index is 0.0373. The highest BCUT2D eigenvalue weighted by Gasteiger charge is 2.12. The number of benzene rings is 1. The van der Waals surface area contributed by atoms with Crippen LogP contribution in [0.3, 0.4) is 0 Å². The Kier molecular flexibility index (Phi) is 4.82. The van der Waals surface area contributed by atoms with E-state index < -0.39 is 0 Å². The number of rotatable bonds is 5. The van der Waals surface area contributed by atoms with Gasteiger partial charge >= 0.3 is 0 Å². The molecule has 0 unspecified atom stereocenters. The van der Waals surface area contributed by atoms with E-state index in [9.17, 15) is 4.79 Å². The van der Waals surface area contributed by atoms with Crippen molar-refractivity contribution >= 4 is 17.4 Å². The maximum atomic E-state index is 11.1. The molecule has 94 valence electrons. The van der Waals surface area contributed by atoms with Gasteiger partial charge in [0.15, 0.2) is 11.5 Å². The number of ketones is 1. The second-order valence-electron chi connectivity index (χ2n) is 4.14. The standard InChI is InChI=1S/C13H17ClO3/c1-8(2)17-13-6-10(5-9(3)15)11(14)7-12(13)16-4/h6-8H,5H2,1-4H3. The first kappa shape index (κ1) is 13.8. The largest absolute Gasteiger partial charge is 0.493 e. The molecule has 0 amide bonds. The van der Waals surface area contributed by atoms with Gasteiger partial charge in [0.1, 0.15) is 5.78 Å². The van der Waals surface area contributed by atoms with Crippen molar-refractivity contribution < 1.29 is 14.3 Å². The van der Waals surface area contributed by atoms with Crippen molar-refractivity contribution in [2.24, 2.45) is 0 Å². The molecule has 0 aliphatic rings. The van der Waals surface area contributed by atoms with E-state index in [0.717, 1.165) is 5.56 Å². The van der Waals surface area contributed by atoms with Gasteiger partial charge in [0.25, 0.3) is 0 Å². The Labute approximate surface area is 107 Å². The molecule has 3 nitrogen and oxygen atoms in total. The van der Waals surface area contributed by atoms with Gasteiger partial charge in [0.05, 0.1) is 13.2 Å². The summed E-state index contributed by atoms with van der Waals surface area (Å²) in [4.78, 5) is 11.1. The SMILES string of the molecule is COc1cc(Cl)c(CC(C)=O)cc1OC(C)C. The molecule has 0 N–H and O–H groups in total. The first-order chi connectivity index (χ1) is 7.93. The number of hydrogen-bond donors (Lipinski definition) is 0. The van der Waals surface area contributed by atoms with Crippen molar-refractivity contribution in [2.45, 2.75) is 33.3 Å². The highest BCUT2D eigenvalue weighted by molar-refractivity contribution is 6.31. The molecular weight excluding hydrogens is 240 g/mol. The molecule has 0 aromatic heterocycles. The van der Waals surface area contributed by atoms with Crippen LogP contribution in [0.5, 0.6) is 11.5 Å². The molecule has 4 heteroatoms. The molecule has 0 aliphatic heterocycles. The minimum absolute atomic E-state index is 0.0373. The summed E-state index contributed by atoms with van der Waals surface area (Å²) in [5.41, 5.74) is 0.760. The summed E-state index contributed by atoms with van der Waals surface area (Å²) in [7, 11) is 1.56. The zero-order chi connectivity index (χ0) is 13.0. The van der Waals surface area contributed by atoms with E-state index in [-0.39, 0.29) is 11.9 Å². The minimum Gasteiger partial charge on any atom is -0.493 e. The molecular formula is C13H17ClO3. The third kappa shape index (κ3) is 3.93. The van der Waals surface area contributed by atoms with Crippen LogP contribution in [0.25, 0.3) is 0 Å². The van der Waals surface area contributed by atoms with E-state index in [0.29, 0.717) is 22.9 Å². The van der Waals surface area contributed by atoms with Gasteiger partial charge in [-0.3, -0.25) is 4.79 Å². The Morgan fingerprint density at radius 1 is 1.35 bits per heavy atom. The first-order valence-electron chi connectivity index (χ1n) is 5.46. The predicted octanol–water partition coefficient (Wildman–Crippen LogP) is 3.27. The smallest absolute Gasteiger partial charge is 0.162 e. The van der Waals surface area contributed by atoms with Gasteiger partial charge in [-0.2, -0.15) is 0 Å². The van der Waals surface area contributed by atoms with Crippen molar-refractivity contribution in [2.75, 3.05) is 7.11 Å². The fourth-order valence-electron chi connectivity index (χ4n) is 1.49. The average molecular weight is 257 g/mol. The summed E-state index contributed by atoms with van der Waals surface area (Å²) in [5, 5.41) is 0.521. The first-order valence-corrected chi connectivity index (χ1v) is 5.84. The van der Waals surface area contributed by atoms with Gasteiger partial charge in [0, 0.05) is 17.5 Å². The second kappa shape index (κ2) is 5.92. The number of carbonyl (C=O) groups excluding carboxylic acids is 1. The summed E-state index contributed by atoms with van der Waals surface area (Å²) < 4.78 is 10.8. The van der Waals surface area contributed by atoms with Crippen LogP contribution in [0.15, 0.2) is 12.1 Å². The molecule has 1 aromatic rings. The molecule has 17 heavy (non-hydrogen) atoms. The maximum Gasteiger partial charge on any atom is 0.162 e. The quantitative estimate of drug-likeness (QED) is 0.811. The monoisotopic (exact) mass is 256 g/mol. The number of hydrogen-bond acceptors (Lipinski definition) is 3. The topological polar surface area (TPSA) is 35.5 Å². The van der Waals surface area contributed by atoms with Crippen LogP contribution in [0.2, 0.25) is 5.02 Å². The van der Waals surface area contributed by atoms with E-state index in [1.807, 2.05) is 13.8 Å². The fourth-order valence-corrected chi connectivity index (χ4v) is 1.71. The maximum absolute atomic E-state index is 11.1. The van der Waals surface area contributed by atoms with Gasteiger partial charge in [-0.05, 0) is 32.4 Å². The summed E-state index contributed by atoms with van der Waals surface area (Å²) in [6.45, 7) is 5.39. The number of ether oxygens (including phenoxy) is 2. The van der Waals surface area contributed by atoms with E-state index in [1.165, 1.54) is 6.92 Å². The molecule has 1 aromatic carbocycles. The molecule has 0 spiro atoms. The summed E-state index contributed by atoms with van der Waals surface area (Å²) in [5.74, 6) is 1.26. The Morgan fingerprint density at radius 3 is 2.47 bits per heavy atom. The van der Waals surface area contributed by atoms with Gasteiger partial charge < -0.3 is 9.47 Å². The van der Waals surface area contributed by atoms with Crippen molar-refractivity contribution in [3.8, 4) is 11.5 Å². The lowest BCUT2D eigenvalue weighted by atomic mass is 10.1. The van der Waals surface area contributed by atoms with E-state index in [4.69, 9.17) is 21.1 Å². The molecule has 0 heterocycles. The Balaban J connectivity index is 3.12. The third-order valence-electron chi connectivity index (χ3n) is 2.13. The molecule has 0 saturated heterocycles. The molecule has 0 bridgehead atoms. The molecule has 1 rings (SSSR count). The van der Waals surface area contributed by atoms with Gasteiger partial charge in [-0.15, -0.1) is 0 Å². The fraction of sp³-hybridized carbons (Fsp3) is 0.462. The molecule has 0 aliphatic carbocycles. The lowest BCUT2D eigenvalue weighted by Gasteiger charge is -2.15. The van der Waals surface area contributed by atoms with Crippen LogP contribution in [0.4, 0.5) is 0 Å². The second-order valence-corrected chi connectivity index (χ2v) is 4.55. The zero-order valence-corrected chi connectivity index (χ0v) is 11.3. The summed E-state index contributed by atoms with van der Waals surface area (Å²) in [6.07, 6.45) is 0.340. The van der Waals surface area contributed by atoms with Crippen LogP contribution in [-0.4, -0.2) is 19.0 Å². The van der Waals surface area contributed by atoms with Crippen LogP contribution >= 0.6 is 11.6 Å². The highest BCUT2D eigenvalue weighted by Crippen LogP contribution is 2.34. The van der Waals surface area contributed by atoms with Gasteiger partial charge in [-0.1, -0.05) is 11.6 Å². The molecule has 0 radical (unpaired) electrons. The van der Waals surface area contributed by atoms with Crippen LogP contribution in [0, 0.1) is 0 Å². The average Bonchev–Trinajstić information content (AvgIpc) is 2.21. The van der Waals surface area contributed by atoms with E-state index in [2.05, 4.69) is 0 Å². The molecule has 0 fully saturated rings. The van der Waals surface area contributed by atoms with Crippen LogP contribution < -0.4 is 9.47 Å². The number of methoxy groups -OCH3 is 1. The van der Waals surface area contributed by atoms with E-state index in [1.54, 1.807) is 19.2 Å². The van der Waals surface area contributed by atoms with Crippen molar-refractivity contribution in [3.05, 3.63) is 22.7 Å².